The Morgan fingerprint density at radius 1 is 1.14 bits per heavy atom. The van der Waals surface area contributed by atoms with E-state index in [0.717, 1.165) is 23.3 Å². The summed E-state index contributed by atoms with van der Waals surface area (Å²) in [5.41, 5.74) is 1.35. The van der Waals surface area contributed by atoms with Crippen LogP contribution in [0, 0.1) is 0 Å². The topological polar surface area (TPSA) is 70.8 Å². The summed E-state index contributed by atoms with van der Waals surface area (Å²) >= 11 is 0. The zero-order valence-corrected chi connectivity index (χ0v) is 14.4. The molecule has 6 nitrogen and oxygen atoms in total. The number of para-hydroxylation sites is 1. The lowest BCUT2D eigenvalue weighted by Gasteiger charge is -2.33. The number of nitrogens with zero attached hydrogens (tertiary/aromatic N) is 4. The number of hydrogen-bond acceptors (Lipinski definition) is 5. The summed E-state index contributed by atoms with van der Waals surface area (Å²) in [6.07, 6.45) is -1.25. The van der Waals surface area contributed by atoms with E-state index in [0.29, 0.717) is 30.0 Å². The monoisotopic (exact) mass is 385 g/mol. The third kappa shape index (κ3) is 2.70. The maximum Gasteiger partial charge on any atom is 0.433 e. The highest BCUT2D eigenvalue weighted by atomic mass is 19.4. The first kappa shape index (κ1) is 16.8. The second-order valence-electron chi connectivity index (χ2n) is 6.54. The number of halogens is 3. The van der Waals surface area contributed by atoms with Crippen LogP contribution in [0.2, 0.25) is 0 Å². The van der Waals surface area contributed by atoms with E-state index in [2.05, 4.69) is 19.9 Å². The molecule has 28 heavy (non-hydrogen) atoms. The number of hydrogen-bond donors (Lipinski definition) is 1. The van der Waals surface area contributed by atoms with Crippen LogP contribution in [0.25, 0.3) is 11.0 Å². The largest absolute Gasteiger partial charge is 0.458 e. The number of anilines is 1. The first-order valence-electron chi connectivity index (χ1n) is 8.68. The van der Waals surface area contributed by atoms with Crippen LogP contribution in [-0.4, -0.2) is 26.5 Å². The van der Waals surface area contributed by atoms with E-state index in [-0.39, 0.29) is 5.95 Å². The highest BCUT2D eigenvalue weighted by Gasteiger charge is 2.37. The Bertz CT molecular complexity index is 1120. The van der Waals surface area contributed by atoms with Gasteiger partial charge in [0.2, 0.25) is 5.95 Å². The predicted octanol–water partition coefficient (Wildman–Crippen LogP) is 4.12. The fraction of sp³-hybridized carbons (Fsp3) is 0.211. The SMILES string of the molecule is FC(F)(F)c1ccnc(N2CCc3[nH]cnc3[C@H]2c2cc3ccccc3o2)n1. The molecule has 4 aromatic rings. The average Bonchev–Trinajstić information content (AvgIpc) is 3.33. The van der Waals surface area contributed by atoms with Crippen molar-refractivity contribution in [2.45, 2.75) is 18.6 Å². The van der Waals surface area contributed by atoms with Gasteiger partial charge in [0.05, 0.1) is 12.0 Å². The second-order valence-corrected chi connectivity index (χ2v) is 6.54. The minimum Gasteiger partial charge on any atom is -0.458 e. The predicted molar refractivity (Wildman–Crippen MR) is 94.7 cm³/mol. The van der Waals surface area contributed by atoms with Crippen LogP contribution in [0.5, 0.6) is 0 Å². The van der Waals surface area contributed by atoms with Gasteiger partial charge in [-0.1, -0.05) is 18.2 Å². The summed E-state index contributed by atoms with van der Waals surface area (Å²) in [5.74, 6) is 0.573. The number of aromatic amines is 1. The van der Waals surface area contributed by atoms with Crippen LogP contribution >= 0.6 is 0 Å². The molecule has 3 aromatic heterocycles. The van der Waals surface area contributed by atoms with Gasteiger partial charge < -0.3 is 14.3 Å². The molecule has 0 amide bonds. The molecule has 9 heteroatoms. The van der Waals surface area contributed by atoms with Crippen molar-refractivity contribution in [3.05, 3.63) is 71.8 Å². The molecular formula is C19H14F3N5O. The van der Waals surface area contributed by atoms with Gasteiger partial charge in [-0.2, -0.15) is 13.2 Å². The zero-order chi connectivity index (χ0) is 19.3. The minimum atomic E-state index is -4.54. The van der Waals surface area contributed by atoms with Crippen molar-refractivity contribution < 1.29 is 17.6 Å². The van der Waals surface area contributed by atoms with Crippen molar-refractivity contribution >= 4 is 16.9 Å². The van der Waals surface area contributed by atoms with Gasteiger partial charge in [-0.15, -0.1) is 0 Å². The molecule has 0 aliphatic carbocycles. The zero-order valence-electron chi connectivity index (χ0n) is 14.4. The number of nitrogens with one attached hydrogen (secondary N) is 1. The third-order valence-electron chi connectivity index (χ3n) is 4.83. The maximum atomic E-state index is 13.1. The van der Waals surface area contributed by atoms with Crippen molar-refractivity contribution in [2.24, 2.45) is 0 Å². The molecule has 142 valence electrons. The lowest BCUT2D eigenvalue weighted by Crippen LogP contribution is -2.37. The van der Waals surface area contributed by atoms with Gasteiger partial charge >= 0.3 is 6.18 Å². The van der Waals surface area contributed by atoms with E-state index in [4.69, 9.17) is 4.42 Å². The molecule has 0 fully saturated rings. The molecule has 0 spiro atoms. The minimum absolute atomic E-state index is 0.00562. The summed E-state index contributed by atoms with van der Waals surface area (Å²) in [4.78, 5) is 17.1. The number of fused-ring (bicyclic) bond motifs is 2. The highest BCUT2D eigenvalue weighted by molar-refractivity contribution is 5.78. The van der Waals surface area contributed by atoms with E-state index in [1.807, 2.05) is 30.3 Å². The van der Waals surface area contributed by atoms with E-state index in [1.54, 1.807) is 11.2 Å². The fourth-order valence-corrected chi connectivity index (χ4v) is 3.56. The Hall–Kier alpha value is -3.36. The number of H-pyrrole nitrogens is 1. The smallest absolute Gasteiger partial charge is 0.433 e. The molecule has 0 saturated carbocycles. The van der Waals surface area contributed by atoms with Crippen LogP contribution in [0.15, 0.2) is 53.3 Å². The number of alkyl halides is 3. The molecule has 5 rings (SSSR count). The lowest BCUT2D eigenvalue weighted by molar-refractivity contribution is -0.141. The fourth-order valence-electron chi connectivity index (χ4n) is 3.56. The normalized spacial score (nSPS) is 17.1. The molecular weight excluding hydrogens is 371 g/mol. The standard InChI is InChI=1S/C19H14F3N5O/c20-19(21,22)15-5-7-23-18(26-15)27-8-6-12-16(25-10-24-12)17(27)14-9-11-3-1-2-4-13(11)28-14/h1-5,7,9-10,17H,6,8H2,(H,24,25)/t17-/m1/s1. The summed E-state index contributed by atoms with van der Waals surface area (Å²) in [6.45, 7) is 0.429. The van der Waals surface area contributed by atoms with Crippen molar-refractivity contribution in [3.63, 3.8) is 0 Å². The van der Waals surface area contributed by atoms with Crippen molar-refractivity contribution in [1.82, 2.24) is 19.9 Å². The van der Waals surface area contributed by atoms with Gasteiger partial charge in [0, 0.05) is 30.2 Å². The Morgan fingerprint density at radius 2 is 2.00 bits per heavy atom. The first-order chi connectivity index (χ1) is 13.5. The first-order valence-corrected chi connectivity index (χ1v) is 8.68. The summed E-state index contributed by atoms with van der Waals surface area (Å²) in [5, 5.41) is 0.907. The van der Waals surface area contributed by atoms with Crippen LogP contribution < -0.4 is 4.90 Å². The van der Waals surface area contributed by atoms with Gasteiger partial charge in [0.25, 0.3) is 0 Å². The molecule has 1 N–H and O–H groups in total. The Balaban J connectivity index is 1.65. The summed E-state index contributed by atoms with van der Waals surface area (Å²) in [7, 11) is 0. The Kier molecular flexibility index (Phi) is 3.65. The van der Waals surface area contributed by atoms with Gasteiger partial charge in [-0.25, -0.2) is 15.0 Å². The highest BCUT2D eigenvalue weighted by Crippen LogP contribution is 2.38. The number of aromatic nitrogens is 4. The van der Waals surface area contributed by atoms with Crippen LogP contribution in [0.3, 0.4) is 0 Å². The van der Waals surface area contributed by atoms with E-state index in [1.165, 1.54) is 0 Å². The number of imidazole rings is 1. The molecule has 1 aliphatic heterocycles. The molecule has 0 unspecified atom stereocenters. The maximum absolute atomic E-state index is 13.1. The number of benzene rings is 1. The molecule has 4 heterocycles. The second kappa shape index (κ2) is 6.08. The van der Waals surface area contributed by atoms with Crippen LogP contribution in [0.4, 0.5) is 19.1 Å². The Morgan fingerprint density at radius 3 is 2.82 bits per heavy atom. The van der Waals surface area contributed by atoms with Gasteiger partial charge in [0.1, 0.15) is 23.1 Å². The molecule has 1 aliphatic rings. The van der Waals surface area contributed by atoms with E-state index in [9.17, 15) is 13.2 Å². The quantitative estimate of drug-likeness (QED) is 0.562. The molecule has 1 aromatic carbocycles. The number of furan rings is 1. The molecule has 0 radical (unpaired) electrons. The van der Waals surface area contributed by atoms with Crippen molar-refractivity contribution in [1.29, 1.82) is 0 Å². The van der Waals surface area contributed by atoms with Crippen molar-refractivity contribution in [2.75, 3.05) is 11.4 Å². The van der Waals surface area contributed by atoms with Crippen molar-refractivity contribution in [3.8, 4) is 0 Å². The van der Waals surface area contributed by atoms with E-state index < -0.39 is 17.9 Å². The van der Waals surface area contributed by atoms with E-state index >= 15 is 0 Å². The average molecular weight is 385 g/mol. The van der Waals surface area contributed by atoms with Gasteiger partial charge in [-0.3, -0.25) is 0 Å². The molecule has 1 atom stereocenters. The van der Waals surface area contributed by atoms with Gasteiger partial charge in [-0.05, 0) is 18.2 Å². The molecule has 0 saturated heterocycles. The van der Waals surface area contributed by atoms with Crippen LogP contribution in [0.1, 0.15) is 28.9 Å². The van der Waals surface area contributed by atoms with Gasteiger partial charge in [0.15, 0.2) is 0 Å². The molecule has 0 bridgehead atoms. The summed E-state index contributed by atoms with van der Waals surface area (Å²) < 4.78 is 45.4. The van der Waals surface area contributed by atoms with Crippen LogP contribution in [-0.2, 0) is 12.6 Å². The number of rotatable bonds is 2. The lowest BCUT2D eigenvalue weighted by atomic mass is 10.0. The summed E-state index contributed by atoms with van der Waals surface area (Å²) in [6, 6.07) is 9.75. The third-order valence-corrected chi connectivity index (χ3v) is 4.83. The Labute approximate surface area is 157 Å².